The highest BCUT2D eigenvalue weighted by atomic mass is 16.5. The number of carbonyl (C=O) groups is 2. The molecule has 156 valence electrons. The minimum atomic E-state index is -0.397. The number of para-hydroxylation sites is 2. The maximum Gasteiger partial charge on any atom is 0.306 e. The molecule has 1 aromatic heterocycles. The Morgan fingerprint density at radius 1 is 0.967 bits per heavy atom. The Morgan fingerprint density at radius 3 is 2.40 bits per heavy atom. The molecule has 0 saturated heterocycles. The number of nitrogens with zero attached hydrogens (tertiary/aromatic N) is 1. The van der Waals surface area contributed by atoms with Crippen LogP contribution in [0.4, 0.5) is 0 Å². The van der Waals surface area contributed by atoms with Crippen molar-refractivity contribution in [1.82, 2.24) is 4.57 Å². The fraction of sp³-hybridized carbons (Fsp3) is 0.280. The van der Waals surface area contributed by atoms with E-state index >= 15 is 0 Å². The van der Waals surface area contributed by atoms with E-state index in [2.05, 4.69) is 0 Å². The van der Waals surface area contributed by atoms with Crippen molar-refractivity contribution in [2.24, 2.45) is 0 Å². The molecule has 0 saturated carbocycles. The molecule has 0 aliphatic carbocycles. The summed E-state index contributed by atoms with van der Waals surface area (Å²) in [5.41, 5.74) is 4.32. The van der Waals surface area contributed by atoms with Crippen LogP contribution in [0.2, 0.25) is 0 Å². The van der Waals surface area contributed by atoms with Crippen LogP contribution in [0.15, 0.2) is 60.7 Å². The zero-order valence-electron chi connectivity index (χ0n) is 17.7. The Morgan fingerprint density at radius 2 is 1.67 bits per heavy atom. The van der Waals surface area contributed by atoms with Gasteiger partial charge in [0, 0.05) is 29.1 Å². The van der Waals surface area contributed by atoms with Crippen LogP contribution < -0.4 is 4.74 Å². The van der Waals surface area contributed by atoms with Gasteiger partial charge in [-0.25, -0.2) is 0 Å². The molecule has 0 spiro atoms. The van der Waals surface area contributed by atoms with Crippen LogP contribution >= 0.6 is 0 Å². The average molecular weight is 405 g/mol. The second-order valence-corrected chi connectivity index (χ2v) is 7.08. The van der Waals surface area contributed by atoms with Crippen LogP contribution in [0.5, 0.6) is 5.75 Å². The van der Waals surface area contributed by atoms with E-state index in [0.29, 0.717) is 18.6 Å². The van der Waals surface area contributed by atoms with E-state index in [1.807, 2.05) is 86.0 Å². The Bertz CT molecular complexity index is 1020. The van der Waals surface area contributed by atoms with Crippen molar-refractivity contribution in [3.05, 3.63) is 83.2 Å². The standard InChI is InChI=1S/C25H27NO4/c1-4-29-24-13-9-8-10-20(24)14-15-25(28)30-17-23(27)22-16-18(2)26(19(22)3)21-11-6-5-7-12-21/h5-13,16H,4,14-15,17H2,1-3H3. The van der Waals surface area contributed by atoms with Gasteiger partial charge in [0.15, 0.2) is 6.61 Å². The lowest BCUT2D eigenvalue weighted by Gasteiger charge is -2.10. The molecule has 5 nitrogen and oxygen atoms in total. The van der Waals surface area contributed by atoms with Gasteiger partial charge in [-0.1, -0.05) is 36.4 Å². The van der Waals surface area contributed by atoms with Crippen LogP contribution in [0, 0.1) is 13.8 Å². The summed E-state index contributed by atoms with van der Waals surface area (Å²) in [5, 5.41) is 0. The molecule has 0 N–H and O–H groups in total. The predicted molar refractivity (Wildman–Crippen MR) is 116 cm³/mol. The minimum Gasteiger partial charge on any atom is -0.494 e. The van der Waals surface area contributed by atoms with E-state index in [1.165, 1.54) is 0 Å². The molecule has 0 unspecified atom stereocenters. The van der Waals surface area contributed by atoms with Gasteiger partial charge in [-0.3, -0.25) is 9.59 Å². The second kappa shape index (κ2) is 9.92. The Kier molecular flexibility index (Phi) is 7.07. The third-order valence-electron chi connectivity index (χ3n) is 4.98. The van der Waals surface area contributed by atoms with Crippen molar-refractivity contribution in [2.75, 3.05) is 13.2 Å². The zero-order chi connectivity index (χ0) is 21.5. The Balaban J connectivity index is 1.59. The van der Waals surface area contributed by atoms with E-state index in [4.69, 9.17) is 9.47 Å². The van der Waals surface area contributed by atoms with Crippen LogP contribution in [0.3, 0.4) is 0 Å². The Labute approximate surface area is 177 Å². The molecule has 3 rings (SSSR count). The normalized spacial score (nSPS) is 10.6. The van der Waals surface area contributed by atoms with E-state index in [-0.39, 0.29) is 18.8 Å². The van der Waals surface area contributed by atoms with Gasteiger partial charge in [-0.15, -0.1) is 0 Å². The number of Topliss-reactive ketones (excluding diaryl/α,β-unsaturated/α-hetero) is 1. The zero-order valence-corrected chi connectivity index (χ0v) is 17.7. The third kappa shape index (κ3) is 4.98. The molecule has 0 amide bonds. The highest BCUT2D eigenvalue weighted by Crippen LogP contribution is 2.22. The van der Waals surface area contributed by atoms with Gasteiger partial charge in [0.25, 0.3) is 0 Å². The number of rotatable bonds is 9. The molecule has 1 heterocycles. The summed E-state index contributed by atoms with van der Waals surface area (Å²) in [6.07, 6.45) is 0.701. The molecule has 30 heavy (non-hydrogen) atoms. The first kappa shape index (κ1) is 21.4. The molecule has 3 aromatic rings. The monoisotopic (exact) mass is 405 g/mol. The SMILES string of the molecule is CCOc1ccccc1CCC(=O)OCC(=O)c1cc(C)n(-c2ccccc2)c1C. The van der Waals surface area contributed by atoms with Crippen LogP contribution in [-0.4, -0.2) is 29.5 Å². The fourth-order valence-corrected chi connectivity index (χ4v) is 3.56. The molecule has 0 radical (unpaired) electrons. The molecule has 5 heteroatoms. The third-order valence-corrected chi connectivity index (χ3v) is 4.98. The topological polar surface area (TPSA) is 57.5 Å². The highest BCUT2D eigenvalue weighted by molar-refractivity contribution is 5.99. The van der Waals surface area contributed by atoms with E-state index < -0.39 is 5.97 Å². The summed E-state index contributed by atoms with van der Waals surface area (Å²) in [5.74, 6) is 0.178. The first-order valence-electron chi connectivity index (χ1n) is 10.1. The summed E-state index contributed by atoms with van der Waals surface area (Å²) < 4.78 is 12.9. The smallest absolute Gasteiger partial charge is 0.306 e. The first-order chi connectivity index (χ1) is 14.5. The molecular weight excluding hydrogens is 378 g/mol. The summed E-state index contributed by atoms with van der Waals surface area (Å²) in [7, 11) is 0. The average Bonchev–Trinajstić information content (AvgIpc) is 3.06. The lowest BCUT2D eigenvalue weighted by molar-refractivity contribution is -0.142. The van der Waals surface area contributed by atoms with Crippen LogP contribution in [-0.2, 0) is 16.0 Å². The molecule has 2 aromatic carbocycles. The van der Waals surface area contributed by atoms with Crippen molar-refractivity contribution < 1.29 is 19.1 Å². The van der Waals surface area contributed by atoms with E-state index in [9.17, 15) is 9.59 Å². The van der Waals surface area contributed by atoms with Gasteiger partial charge in [-0.05, 0) is 57.0 Å². The maximum absolute atomic E-state index is 12.7. The van der Waals surface area contributed by atoms with Gasteiger partial charge in [0.05, 0.1) is 6.61 Å². The predicted octanol–water partition coefficient (Wildman–Crippen LogP) is 4.85. The van der Waals surface area contributed by atoms with Gasteiger partial charge in [-0.2, -0.15) is 0 Å². The molecule has 0 aliphatic heterocycles. The lowest BCUT2D eigenvalue weighted by atomic mass is 10.1. The molecule has 0 aliphatic rings. The number of hydrogen-bond acceptors (Lipinski definition) is 4. The van der Waals surface area contributed by atoms with Gasteiger partial charge >= 0.3 is 5.97 Å². The largest absolute Gasteiger partial charge is 0.494 e. The minimum absolute atomic E-state index is 0.195. The van der Waals surface area contributed by atoms with Gasteiger partial charge < -0.3 is 14.0 Å². The lowest BCUT2D eigenvalue weighted by Crippen LogP contribution is -2.15. The maximum atomic E-state index is 12.7. The van der Waals surface area contributed by atoms with Crippen LogP contribution in [0.1, 0.15) is 40.7 Å². The number of ketones is 1. The van der Waals surface area contributed by atoms with Gasteiger partial charge in [0.1, 0.15) is 5.75 Å². The number of carbonyl (C=O) groups excluding carboxylic acids is 2. The van der Waals surface area contributed by atoms with E-state index in [0.717, 1.165) is 28.4 Å². The second-order valence-electron chi connectivity index (χ2n) is 7.08. The summed E-state index contributed by atoms with van der Waals surface area (Å²) in [4.78, 5) is 24.8. The number of benzene rings is 2. The number of esters is 1. The molecular formula is C25H27NO4. The molecule has 0 fully saturated rings. The number of hydrogen-bond donors (Lipinski definition) is 0. The van der Waals surface area contributed by atoms with Gasteiger partial charge in [0.2, 0.25) is 5.78 Å². The quantitative estimate of drug-likeness (QED) is 0.377. The number of ether oxygens (including phenoxy) is 2. The summed E-state index contributed by atoms with van der Waals surface area (Å²) in [6, 6.07) is 19.3. The molecule has 0 bridgehead atoms. The van der Waals surface area contributed by atoms with E-state index in [1.54, 1.807) is 0 Å². The highest BCUT2D eigenvalue weighted by Gasteiger charge is 2.18. The van der Waals surface area contributed by atoms with Crippen molar-refractivity contribution in [3.8, 4) is 11.4 Å². The fourth-order valence-electron chi connectivity index (χ4n) is 3.56. The van der Waals surface area contributed by atoms with Crippen molar-refractivity contribution in [1.29, 1.82) is 0 Å². The molecule has 0 atom stereocenters. The van der Waals surface area contributed by atoms with Crippen molar-refractivity contribution in [3.63, 3.8) is 0 Å². The van der Waals surface area contributed by atoms with Crippen molar-refractivity contribution >= 4 is 11.8 Å². The first-order valence-corrected chi connectivity index (χ1v) is 10.1. The number of aryl methyl sites for hydroxylation is 2. The summed E-state index contributed by atoms with van der Waals surface area (Å²) >= 11 is 0. The summed E-state index contributed by atoms with van der Waals surface area (Å²) in [6.45, 7) is 6.09. The van der Waals surface area contributed by atoms with Crippen molar-refractivity contribution in [2.45, 2.75) is 33.6 Å². The Hall–Kier alpha value is -3.34. The van der Waals surface area contributed by atoms with Crippen LogP contribution in [0.25, 0.3) is 5.69 Å². The number of aromatic nitrogens is 1.